The number of rotatable bonds is 5. The van der Waals surface area contributed by atoms with Gasteiger partial charge in [-0.25, -0.2) is 4.79 Å². The van der Waals surface area contributed by atoms with E-state index in [9.17, 15) is 19.2 Å². The molecule has 1 aliphatic carbocycles. The van der Waals surface area contributed by atoms with Gasteiger partial charge in [-0.2, -0.15) is 0 Å². The predicted molar refractivity (Wildman–Crippen MR) is 114 cm³/mol. The molecule has 4 rings (SSSR count). The summed E-state index contributed by atoms with van der Waals surface area (Å²) in [6, 6.07) is 15.1. The maximum Gasteiger partial charge on any atom is 0.338 e. The number of nitrogens with zero attached hydrogens (tertiary/aromatic N) is 1. The first-order chi connectivity index (χ1) is 14.9. The number of nitrogens with one attached hydrogen (secondary N) is 1. The van der Waals surface area contributed by atoms with Crippen molar-refractivity contribution in [2.75, 3.05) is 16.8 Å². The van der Waals surface area contributed by atoms with Gasteiger partial charge in [0.05, 0.1) is 23.1 Å². The Morgan fingerprint density at radius 2 is 1.74 bits per heavy atom. The van der Waals surface area contributed by atoms with E-state index in [0.29, 0.717) is 30.1 Å². The molecule has 0 radical (unpaired) electrons. The van der Waals surface area contributed by atoms with E-state index in [4.69, 9.17) is 4.74 Å². The zero-order chi connectivity index (χ0) is 22.0. The molecule has 2 aliphatic rings. The molecule has 1 saturated heterocycles. The SMILES string of the molecule is C[C@@H]1CC[C@@H]2C(=O)N(c3cccc(C(=O)OCC(=O)Nc4ccccc4)c3)C(=O)[C@@H]2C1. The maximum absolute atomic E-state index is 12.9. The second-order valence-electron chi connectivity index (χ2n) is 8.18. The second kappa shape index (κ2) is 8.71. The standard InChI is InChI=1S/C24H24N2O5/c1-15-10-11-19-20(12-15)23(29)26(22(19)28)18-9-5-6-16(13-18)24(30)31-14-21(27)25-17-7-3-2-4-8-17/h2-9,13,15,19-20H,10-12,14H2,1H3,(H,25,27)/t15-,19+,20-/m1/s1. The second-order valence-corrected chi connectivity index (χ2v) is 8.18. The van der Waals surface area contributed by atoms with Crippen LogP contribution >= 0.6 is 0 Å². The Labute approximate surface area is 180 Å². The summed E-state index contributed by atoms with van der Waals surface area (Å²) in [7, 11) is 0. The van der Waals surface area contributed by atoms with Crippen LogP contribution in [0.25, 0.3) is 0 Å². The molecule has 1 aliphatic heterocycles. The van der Waals surface area contributed by atoms with E-state index in [1.165, 1.54) is 17.0 Å². The summed E-state index contributed by atoms with van der Waals surface area (Å²) in [6.45, 7) is 1.66. The van der Waals surface area contributed by atoms with Crippen molar-refractivity contribution < 1.29 is 23.9 Å². The average molecular weight is 420 g/mol. The van der Waals surface area contributed by atoms with Gasteiger partial charge in [-0.1, -0.05) is 31.2 Å². The number of ether oxygens (including phenoxy) is 1. The molecular weight excluding hydrogens is 396 g/mol. The molecule has 0 spiro atoms. The van der Waals surface area contributed by atoms with Gasteiger partial charge in [0.2, 0.25) is 11.8 Å². The third-order valence-electron chi connectivity index (χ3n) is 5.92. The van der Waals surface area contributed by atoms with Crippen LogP contribution in [0.15, 0.2) is 54.6 Å². The zero-order valence-corrected chi connectivity index (χ0v) is 17.2. The van der Waals surface area contributed by atoms with Crippen LogP contribution in [0.2, 0.25) is 0 Å². The summed E-state index contributed by atoms with van der Waals surface area (Å²) in [4.78, 5) is 51.4. The molecule has 7 nitrogen and oxygen atoms in total. The van der Waals surface area contributed by atoms with Crippen LogP contribution < -0.4 is 10.2 Å². The molecule has 2 aromatic rings. The van der Waals surface area contributed by atoms with E-state index in [1.54, 1.807) is 36.4 Å². The number of benzene rings is 2. The normalized spacial score (nSPS) is 22.7. The van der Waals surface area contributed by atoms with Crippen molar-refractivity contribution in [2.45, 2.75) is 26.2 Å². The molecule has 1 heterocycles. The van der Waals surface area contributed by atoms with Gasteiger partial charge in [0, 0.05) is 5.69 Å². The van der Waals surface area contributed by atoms with Crippen LogP contribution in [-0.4, -0.2) is 30.3 Å². The fourth-order valence-corrected chi connectivity index (χ4v) is 4.35. The lowest BCUT2D eigenvalue weighted by Gasteiger charge is -2.25. The van der Waals surface area contributed by atoms with Crippen molar-refractivity contribution in [3.63, 3.8) is 0 Å². The van der Waals surface area contributed by atoms with Gasteiger partial charge in [0.1, 0.15) is 0 Å². The van der Waals surface area contributed by atoms with Crippen LogP contribution in [0.3, 0.4) is 0 Å². The smallest absolute Gasteiger partial charge is 0.338 e. The van der Waals surface area contributed by atoms with Crippen molar-refractivity contribution >= 4 is 35.1 Å². The number of para-hydroxylation sites is 1. The van der Waals surface area contributed by atoms with Crippen molar-refractivity contribution in [1.29, 1.82) is 0 Å². The lowest BCUT2D eigenvalue weighted by Crippen LogP contribution is -2.31. The molecule has 2 aromatic carbocycles. The molecular formula is C24H24N2O5. The summed E-state index contributed by atoms with van der Waals surface area (Å²) in [6.07, 6.45) is 2.36. The van der Waals surface area contributed by atoms with Crippen molar-refractivity contribution in [3.8, 4) is 0 Å². The lowest BCUT2D eigenvalue weighted by molar-refractivity contribution is -0.122. The lowest BCUT2D eigenvalue weighted by atomic mass is 9.76. The summed E-state index contributed by atoms with van der Waals surface area (Å²) in [5, 5.41) is 2.63. The summed E-state index contributed by atoms with van der Waals surface area (Å²) in [5.74, 6) is -1.70. The Morgan fingerprint density at radius 3 is 2.52 bits per heavy atom. The number of carbonyl (C=O) groups excluding carboxylic acids is 4. The average Bonchev–Trinajstić information content (AvgIpc) is 3.02. The van der Waals surface area contributed by atoms with E-state index in [2.05, 4.69) is 12.2 Å². The minimum absolute atomic E-state index is 0.175. The van der Waals surface area contributed by atoms with Gasteiger partial charge in [0.25, 0.3) is 5.91 Å². The quantitative estimate of drug-likeness (QED) is 0.591. The van der Waals surface area contributed by atoms with Gasteiger partial charge in [-0.05, 0) is 55.5 Å². The van der Waals surface area contributed by atoms with Crippen molar-refractivity contribution in [1.82, 2.24) is 0 Å². The molecule has 1 N–H and O–H groups in total. The number of carbonyl (C=O) groups is 4. The van der Waals surface area contributed by atoms with E-state index in [-0.39, 0.29) is 29.2 Å². The Balaban J connectivity index is 1.42. The number of anilines is 2. The highest BCUT2D eigenvalue weighted by molar-refractivity contribution is 6.22. The highest BCUT2D eigenvalue weighted by atomic mass is 16.5. The molecule has 3 atom stereocenters. The van der Waals surface area contributed by atoms with Crippen LogP contribution in [0, 0.1) is 17.8 Å². The molecule has 2 fully saturated rings. The number of esters is 1. The highest BCUT2D eigenvalue weighted by Gasteiger charge is 2.50. The molecule has 160 valence electrons. The Kier molecular flexibility index (Phi) is 5.84. The molecule has 0 unspecified atom stereocenters. The minimum atomic E-state index is -0.699. The van der Waals surface area contributed by atoms with Gasteiger partial charge < -0.3 is 10.1 Å². The third-order valence-corrected chi connectivity index (χ3v) is 5.92. The maximum atomic E-state index is 12.9. The summed E-state index contributed by atoms with van der Waals surface area (Å²) >= 11 is 0. The van der Waals surface area contributed by atoms with Crippen molar-refractivity contribution in [2.24, 2.45) is 17.8 Å². The third kappa shape index (κ3) is 4.35. The van der Waals surface area contributed by atoms with Gasteiger partial charge >= 0.3 is 5.97 Å². The van der Waals surface area contributed by atoms with E-state index >= 15 is 0 Å². The fraction of sp³-hybridized carbons (Fsp3) is 0.333. The van der Waals surface area contributed by atoms with Crippen molar-refractivity contribution in [3.05, 3.63) is 60.2 Å². The Bertz CT molecular complexity index is 1020. The number of amides is 3. The van der Waals surface area contributed by atoms with E-state index in [0.717, 1.165) is 6.42 Å². The first-order valence-corrected chi connectivity index (χ1v) is 10.4. The van der Waals surface area contributed by atoms with Crippen LogP contribution in [-0.2, 0) is 19.1 Å². The zero-order valence-electron chi connectivity index (χ0n) is 17.2. The number of imide groups is 1. The first kappa shape index (κ1) is 20.8. The number of fused-ring (bicyclic) bond motifs is 1. The fourth-order valence-electron chi connectivity index (χ4n) is 4.35. The molecule has 0 aromatic heterocycles. The minimum Gasteiger partial charge on any atom is -0.452 e. The first-order valence-electron chi connectivity index (χ1n) is 10.4. The topological polar surface area (TPSA) is 92.8 Å². The van der Waals surface area contributed by atoms with E-state index < -0.39 is 18.5 Å². The molecule has 7 heteroatoms. The summed E-state index contributed by atoms with van der Waals surface area (Å²) < 4.78 is 5.10. The molecule has 3 amide bonds. The van der Waals surface area contributed by atoms with E-state index in [1.807, 2.05) is 6.07 Å². The predicted octanol–water partition coefficient (Wildman–Crippen LogP) is 3.41. The van der Waals surface area contributed by atoms with Crippen LogP contribution in [0.4, 0.5) is 11.4 Å². The highest BCUT2D eigenvalue weighted by Crippen LogP contribution is 2.42. The number of hydrogen-bond acceptors (Lipinski definition) is 5. The van der Waals surface area contributed by atoms with Crippen LogP contribution in [0.5, 0.6) is 0 Å². The van der Waals surface area contributed by atoms with Gasteiger partial charge in [-0.15, -0.1) is 0 Å². The molecule has 31 heavy (non-hydrogen) atoms. The van der Waals surface area contributed by atoms with Crippen LogP contribution in [0.1, 0.15) is 36.5 Å². The molecule has 0 bridgehead atoms. The number of hydrogen-bond donors (Lipinski definition) is 1. The van der Waals surface area contributed by atoms with Gasteiger partial charge in [-0.3, -0.25) is 19.3 Å². The summed E-state index contributed by atoms with van der Waals surface area (Å²) in [5.41, 5.74) is 1.14. The molecule has 1 saturated carbocycles. The monoisotopic (exact) mass is 420 g/mol. The Hall–Kier alpha value is -3.48. The largest absolute Gasteiger partial charge is 0.452 e. The van der Waals surface area contributed by atoms with Gasteiger partial charge in [0.15, 0.2) is 6.61 Å². The Morgan fingerprint density at radius 1 is 1.00 bits per heavy atom.